The third-order valence-electron chi connectivity index (χ3n) is 3.33. The van der Waals surface area contributed by atoms with Gasteiger partial charge in [0.05, 0.1) is 0 Å². The van der Waals surface area contributed by atoms with Crippen LogP contribution in [0.2, 0.25) is 0 Å². The topological polar surface area (TPSA) is 29.5 Å². The number of hydrogen-bond donors (Lipinski definition) is 1. The van der Waals surface area contributed by atoms with E-state index in [1.807, 2.05) is 19.9 Å². The maximum Gasteiger partial charge on any atom is 0.573 e. The molecule has 0 aromatic carbocycles. The number of hydrogen-bond acceptors (Lipinski definition) is 2. The second kappa shape index (κ2) is 9.94. The van der Waals surface area contributed by atoms with E-state index in [9.17, 15) is 27.1 Å². The quantitative estimate of drug-likeness (QED) is 0.254. The van der Waals surface area contributed by atoms with Crippen LogP contribution in [0.5, 0.6) is 0 Å². The molecule has 27 heavy (non-hydrogen) atoms. The lowest BCUT2D eigenvalue weighted by Crippen LogP contribution is -2.13. The first-order valence-corrected chi connectivity index (χ1v) is 7.83. The molecule has 0 aliphatic heterocycles. The molecule has 7 heteroatoms. The lowest BCUT2D eigenvalue weighted by Gasteiger charge is -2.13. The van der Waals surface area contributed by atoms with E-state index in [1.165, 1.54) is 0 Å². The van der Waals surface area contributed by atoms with Crippen molar-refractivity contribution in [3.8, 4) is 0 Å². The maximum absolute atomic E-state index is 14.3. The Balaban J connectivity index is 5.39. The van der Waals surface area contributed by atoms with Crippen LogP contribution >= 0.6 is 0 Å². The van der Waals surface area contributed by atoms with Crippen LogP contribution in [0.25, 0.3) is 0 Å². The van der Waals surface area contributed by atoms with Crippen molar-refractivity contribution in [2.24, 2.45) is 5.92 Å². The van der Waals surface area contributed by atoms with Gasteiger partial charge in [0.1, 0.15) is 5.83 Å². The molecule has 0 unspecified atom stereocenters. The van der Waals surface area contributed by atoms with Crippen LogP contribution in [0.3, 0.4) is 0 Å². The second-order valence-electron chi connectivity index (χ2n) is 6.12. The summed E-state index contributed by atoms with van der Waals surface area (Å²) in [6.07, 6.45) is -1.57. The van der Waals surface area contributed by atoms with E-state index in [0.29, 0.717) is 17.1 Å². The zero-order chi connectivity index (χ0) is 21.5. The van der Waals surface area contributed by atoms with Gasteiger partial charge in [0.25, 0.3) is 0 Å². The van der Waals surface area contributed by atoms with Crippen LogP contribution in [-0.2, 0) is 4.74 Å². The third-order valence-corrected chi connectivity index (χ3v) is 3.33. The van der Waals surface area contributed by atoms with Gasteiger partial charge in [-0.3, -0.25) is 0 Å². The molecule has 0 radical (unpaired) electrons. The van der Waals surface area contributed by atoms with Gasteiger partial charge in [-0.05, 0) is 36.5 Å². The van der Waals surface area contributed by atoms with E-state index in [2.05, 4.69) is 31.1 Å². The Kier molecular flexibility index (Phi) is 9.00. The SMILES string of the molecule is C=C(C(=C)/C(F)=C\C(=C)/C(C)=C/CC(C)C)/C(O)=C(/F)C(=C)OC(F)(F)F. The number of ether oxygens (including phenoxy) is 1. The maximum atomic E-state index is 14.3. The summed E-state index contributed by atoms with van der Waals surface area (Å²) < 4.78 is 67.6. The molecule has 0 aliphatic rings. The molecule has 0 saturated carbocycles. The lowest BCUT2D eigenvalue weighted by atomic mass is 10.0. The summed E-state index contributed by atoms with van der Waals surface area (Å²) in [5.41, 5.74) is -0.170. The summed E-state index contributed by atoms with van der Waals surface area (Å²) >= 11 is 0. The summed E-state index contributed by atoms with van der Waals surface area (Å²) in [7, 11) is 0. The zero-order valence-corrected chi connectivity index (χ0v) is 15.5. The van der Waals surface area contributed by atoms with E-state index in [-0.39, 0.29) is 0 Å². The fraction of sp³-hybridized carbons (Fsp3) is 0.300. The third kappa shape index (κ3) is 8.57. The van der Waals surface area contributed by atoms with Gasteiger partial charge in [0, 0.05) is 11.1 Å². The van der Waals surface area contributed by atoms with Crippen molar-refractivity contribution >= 4 is 0 Å². The number of allylic oxidation sites excluding steroid dienone is 7. The molecule has 0 fully saturated rings. The molecule has 0 heterocycles. The molecule has 0 spiro atoms. The summed E-state index contributed by atoms with van der Waals surface area (Å²) in [6, 6.07) is 0. The molecule has 1 N–H and O–H groups in total. The summed E-state index contributed by atoms with van der Waals surface area (Å²) in [5.74, 6) is -5.28. The number of alkyl halides is 3. The Morgan fingerprint density at radius 1 is 1.07 bits per heavy atom. The Morgan fingerprint density at radius 3 is 2.04 bits per heavy atom. The Hall–Kier alpha value is -2.57. The molecule has 2 nitrogen and oxygen atoms in total. The van der Waals surface area contributed by atoms with E-state index >= 15 is 0 Å². The van der Waals surface area contributed by atoms with Crippen LogP contribution in [0, 0.1) is 5.92 Å². The van der Waals surface area contributed by atoms with Crippen LogP contribution in [-0.4, -0.2) is 11.5 Å². The average Bonchev–Trinajstić information content (AvgIpc) is 2.54. The molecule has 0 atom stereocenters. The predicted octanol–water partition coefficient (Wildman–Crippen LogP) is 7.29. The molecule has 0 saturated heterocycles. The van der Waals surface area contributed by atoms with Crippen LogP contribution < -0.4 is 0 Å². The van der Waals surface area contributed by atoms with Crippen molar-refractivity contribution in [3.63, 3.8) is 0 Å². The van der Waals surface area contributed by atoms with E-state index in [0.717, 1.165) is 12.5 Å². The van der Waals surface area contributed by atoms with Crippen molar-refractivity contribution in [2.75, 3.05) is 0 Å². The monoisotopic (exact) mass is 390 g/mol. The van der Waals surface area contributed by atoms with E-state index in [1.54, 1.807) is 6.92 Å². The van der Waals surface area contributed by atoms with E-state index < -0.39 is 40.7 Å². The van der Waals surface area contributed by atoms with Gasteiger partial charge in [-0.15, -0.1) is 13.2 Å². The van der Waals surface area contributed by atoms with Crippen LogP contribution in [0.4, 0.5) is 22.0 Å². The van der Waals surface area contributed by atoms with Crippen LogP contribution in [0.15, 0.2) is 83.9 Å². The summed E-state index contributed by atoms with van der Waals surface area (Å²) in [6.45, 7) is 18.7. The minimum absolute atomic E-state index is 0.316. The first-order chi connectivity index (χ1) is 12.2. The van der Waals surface area contributed by atoms with Crippen molar-refractivity contribution in [1.82, 2.24) is 0 Å². The molecule has 150 valence electrons. The predicted molar refractivity (Wildman–Crippen MR) is 96.9 cm³/mol. The number of halogens is 5. The smallest absolute Gasteiger partial charge is 0.504 e. The standard InChI is InChI=1S/C20H23F5O2/c1-11(2)8-9-12(3)13(4)10-17(21)14(5)15(6)19(26)18(22)16(7)27-20(23,24)25/h9-11,26H,4-8H2,1-3H3/b12-9+,17-10+,19-18-. The molecule has 0 aromatic rings. The minimum Gasteiger partial charge on any atom is -0.504 e. The van der Waals surface area contributed by atoms with Gasteiger partial charge >= 0.3 is 6.36 Å². The van der Waals surface area contributed by atoms with E-state index in [4.69, 9.17) is 0 Å². The van der Waals surface area contributed by atoms with Gasteiger partial charge < -0.3 is 9.84 Å². The van der Waals surface area contributed by atoms with Crippen molar-refractivity contribution in [1.29, 1.82) is 0 Å². The summed E-state index contributed by atoms with van der Waals surface area (Å²) in [5, 5.41) is 9.67. The normalized spacial score (nSPS) is 14.0. The van der Waals surface area contributed by atoms with Gasteiger partial charge in [-0.25, -0.2) is 4.39 Å². The van der Waals surface area contributed by atoms with Crippen molar-refractivity contribution in [2.45, 2.75) is 33.6 Å². The van der Waals surface area contributed by atoms with Gasteiger partial charge in [0.15, 0.2) is 11.5 Å². The largest absolute Gasteiger partial charge is 0.573 e. The Morgan fingerprint density at radius 2 is 1.59 bits per heavy atom. The number of aliphatic hydroxyl groups is 1. The Labute approximate surface area is 156 Å². The molecular formula is C20H23F5O2. The molecule has 0 aromatic heterocycles. The van der Waals surface area contributed by atoms with Crippen LogP contribution in [0.1, 0.15) is 27.2 Å². The van der Waals surface area contributed by atoms with Gasteiger partial charge in [-0.1, -0.05) is 46.2 Å². The van der Waals surface area contributed by atoms with Gasteiger partial charge in [0.2, 0.25) is 5.83 Å². The molecule has 0 aliphatic carbocycles. The minimum atomic E-state index is -5.20. The van der Waals surface area contributed by atoms with Crippen molar-refractivity contribution in [3.05, 3.63) is 83.9 Å². The molecule has 0 rings (SSSR count). The highest BCUT2D eigenvalue weighted by Crippen LogP contribution is 2.31. The summed E-state index contributed by atoms with van der Waals surface area (Å²) in [4.78, 5) is 0. The number of rotatable bonds is 9. The first kappa shape index (κ1) is 24.4. The van der Waals surface area contributed by atoms with Crippen molar-refractivity contribution < 1.29 is 31.8 Å². The fourth-order valence-corrected chi connectivity index (χ4v) is 1.63. The lowest BCUT2D eigenvalue weighted by molar-refractivity contribution is -0.304. The Bertz CT molecular complexity index is 719. The fourth-order valence-electron chi connectivity index (χ4n) is 1.63. The highest BCUT2D eigenvalue weighted by molar-refractivity contribution is 5.53. The first-order valence-electron chi connectivity index (χ1n) is 7.83. The molecule has 0 amide bonds. The van der Waals surface area contributed by atoms with Gasteiger partial charge in [-0.2, -0.15) is 4.39 Å². The zero-order valence-electron chi connectivity index (χ0n) is 15.5. The molecule has 0 bridgehead atoms. The number of aliphatic hydroxyl groups excluding tert-OH is 1. The average molecular weight is 390 g/mol. The highest BCUT2D eigenvalue weighted by atomic mass is 19.4. The second-order valence-corrected chi connectivity index (χ2v) is 6.12. The highest BCUT2D eigenvalue weighted by Gasteiger charge is 2.33. The molecular weight excluding hydrogens is 367 g/mol.